The van der Waals surface area contributed by atoms with Crippen molar-refractivity contribution in [3.8, 4) is 0 Å². The fourth-order valence-electron chi connectivity index (χ4n) is 2.75. The maximum Gasteiger partial charge on any atom is 0.416 e. The largest absolute Gasteiger partial charge is 0.416 e. The topological polar surface area (TPSA) is 64.7 Å². The van der Waals surface area contributed by atoms with Crippen LogP contribution in [0.3, 0.4) is 0 Å². The Morgan fingerprint density at radius 3 is 2.56 bits per heavy atom. The SMILES string of the molecule is Cn1nccc1CCC(=O)Nc1ccnn1Cc1ccccc1C(F)(F)F. The zero-order chi connectivity index (χ0) is 19.4. The lowest BCUT2D eigenvalue weighted by atomic mass is 10.1. The van der Waals surface area contributed by atoms with Crippen molar-refractivity contribution < 1.29 is 18.0 Å². The first-order valence-electron chi connectivity index (χ1n) is 8.28. The molecule has 1 amide bonds. The zero-order valence-corrected chi connectivity index (χ0v) is 14.6. The summed E-state index contributed by atoms with van der Waals surface area (Å²) in [5, 5.41) is 10.8. The van der Waals surface area contributed by atoms with Gasteiger partial charge in [0.05, 0.1) is 18.3 Å². The van der Waals surface area contributed by atoms with E-state index < -0.39 is 11.7 Å². The third-order valence-corrected chi connectivity index (χ3v) is 4.16. The Kier molecular flexibility index (Phi) is 5.29. The number of benzene rings is 1. The summed E-state index contributed by atoms with van der Waals surface area (Å²) in [4.78, 5) is 12.2. The molecule has 3 rings (SSSR count). The van der Waals surface area contributed by atoms with Crippen LogP contribution in [-0.2, 0) is 31.0 Å². The highest BCUT2D eigenvalue weighted by Gasteiger charge is 2.33. The summed E-state index contributed by atoms with van der Waals surface area (Å²) in [5.41, 5.74) is 0.283. The second-order valence-electron chi connectivity index (χ2n) is 6.02. The van der Waals surface area contributed by atoms with Crippen molar-refractivity contribution in [2.45, 2.75) is 25.6 Å². The molecule has 0 aliphatic rings. The van der Waals surface area contributed by atoms with Gasteiger partial charge in [0, 0.05) is 31.4 Å². The maximum atomic E-state index is 13.1. The lowest BCUT2D eigenvalue weighted by Gasteiger charge is -2.14. The highest BCUT2D eigenvalue weighted by molar-refractivity contribution is 5.89. The molecule has 3 aromatic rings. The van der Waals surface area contributed by atoms with E-state index >= 15 is 0 Å². The first kappa shape index (κ1) is 18.7. The quantitative estimate of drug-likeness (QED) is 0.717. The minimum atomic E-state index is -4.45. The van der Waals surface area contributed by atoms with Crippen LogP contribution in [-0.4, -0.2) is 25.5 Å². The number of halogens is 3. The standard InChI is InChI=1S/C18H18F3N5O/c1-25-14(8-10-22-25)6-7-17(27)24-16-9-11-23-26(16)12-13-4-2-3-5-15(13)18(19,20)21/h2-5,8-11H,6-7,12H2,1H3,(H,24,27). The lowest BCUT2D eigenvalue weighted by molar-refractivity contribution is -0.138. The van der Waals surface area contributed by atoms with Crippen LogP contribution in [0.1, 0.15) is 23.2 Å². The Balaban J connectivity index is 1.68. The third kappa shape index (κ3) is 4.55. The minimum Gasteiger partial charge on any atom is -0.311 e. The third-order valence-electron chi connectivity index (χ3n) is 4.16. The second-order valence-corrected chi connectivity index (χ2v) is 6.02. The molecule has 2 heterocycles. The minimum absolute atomic E-state index is 0.0825. The molecular weight excluding hydrogens is 359 g/mol. The van der Waals surface area contributed by atoms with Crippen LogP contribution < -0.4 is 5.32 Å². The van der Waals surface area contributed by atoms with Crippen molar-refractivity contribution in [1.82, 2.24) is 19.6 Å². The Hall–Kier alpha value is -3.10. The normalized spacial score (nSPS) is 11.6. The molecule has 0 aliphatic carbocycles. The van der Waals surface area contributed by atoms with Gasteiger partial charge in [0.25, 0.3) is 0 Å². The van der Waals surface area contributed by atoms with Gasteiger partial charge in [-0.15, -0.1) is 0 Å². The van der Waals surface area contributed by atoms with E-state index in [-0.39, 0.29) is 24.4 Å². The number of carbonyl (C=O) groups excluding carboxylic acids is 1. The van der Waals surface area contributed by atoms with E-state index in [1.165, 1.54) is 23.0 Å². The molecule has 0 bridgehead atoms. The number of hydrogen-bond acceptors (Lipinski definition) is 3. The summed E-state index contributed by atoms with van der Waals surface area (Å²) < 4.78 is 42.5. The smallest absolute Gasteiger partial charge is 0.311 e. The number of nitrogens with one attached hydrogen (secondary N) is 1. The van der Waals surface area contributed by atoms with Crippen molar-refractivity contribution in [3.05, 3.63) is 65.6 Å². The number of carbonyl (C=O) groups is 1. The van der Waals surface area contributed by atoms with Crippen LogP contribution in [0.2, 0.25) is 0 Å². The monoisotopic (exact) mass is 377 g/mol. The number of aromatic nitrogens is 4. The van der Waals surface area contributed by atoms with Crippen LogP contribution >= 0.6 is 0 Å². The molecule has 1 aromatic carbocycles. The van der Waals surface area contributed by atoms with Crippen molar-refractivity contribution in [2.75, 3.05) is 5.32 Å². The molecule has 0 aliphatic heterocycles. The number of alkyl halides is 3. The molecule has 0 spiro atoms. The average Bonchev–Trinajstić information content (AvgIpc) is 3.21. The van der Waals surface area contributed by atoms with Crippen LogP contribution in [0.25, 0.3) is 0 Å². The predicted octanol–water partition coefficient (Wildman–Crippen LogP) is 3.26. The molecule has 0 atom stereocenters. The van der Waals surface area contributed by atoms with Gasteiger partial charge in [0.1, 0.15) is 5.82 Å². The number of hydrogen-bond donors (Lipinski definition) is 1. The molecule has 1 N–H and O–H groups in total. The van der Waals surface area contributed by atoms with E-state index in [4.69, 9.17) is 0 Å². The van der Waals surface area contributed by atoms with E-state index in [2.05, 4.69) is 15.5 Å². The first-order chi connectivity index (χ1) is 12.8. The molecule has 0 saturated heterocycles. The molecule has 9 heteroatoms. The van der Waals surface area contributed by atoms with Gasteiger partial charge in [-0.3, -0.25) is 9.48 Å². The Bertz CT molecular complexity index is 929. The number of amides is 1. The Labute approximate surface area is 153 Å². The predicted molar refractivity (Wildman–Crippen MR) is 92.9 cm³/mol. The van der Waals surface area contributed by atoms with E-state index in [1.807, 2.05) is 6.07 Å². The van der Waals surface area contributed by atoms with Crippen LogP contribution in [0.4, 0.5) is 19.0 Å². The summed E-state index contributed by atoms with van der Waals surface area (Å²) in [6, 6.07) is 8.70. The van der Waals surface area contributed by atoms with Gasteiger partial charge >= 0.3 is 6.18 Å². The van der Waals surface area contributed by atoms with Crippen molar-refractivity contribution >= 4 is 11.7 Å². The van der Waals surface area contributed by atoms with Gasteiger partial charge < -0.3 is 5.32 Å². The van der Waals surface area contributed by atoms with Gasteiger partial charge in [-0.25, -0.2) is 4.68 Å². The summed E-state index contributed by atoms with van der Waals surface area (Å²) in [5.74, 6) is 0.101. The van der Waals surface area contributed by atoms with Crippen LogP contribution in [0.15, 0.2) is 48.8 Å². The molecule has 0 saturated carbocycles. The van der Waals surface area contributed by atoms with E-state index in [9.17, 15) is 18.0 Å². The molecule has 142 valence electrons. The fourth-order valence-corrected chi connectivity index (χ4v) is 2.75. The fraction of sp³-hybridized carbons (Fsp3) is 0.278. The first-order valence-corrected chi connectivity index (χ1v) is 8.28. The molecule has 0 fully saturated rings. The number of aryl methyl sites for hydroxylation is 2. The van der Waals surface area contributed by atoms with Crippen LogP contribution in [0.5, 0.6) is 0 Å². The Morgan fingerprint density at radius 1 is 1.11 bits per heavy atom. The molecule has 6 nitrogen and oxygen atoms in total. The maximum absolute atomic E-state index is 13.1. The van der Waals surface area contributed by atoms with Crippen molar-refractivity contribution in [1.29, 1.82) is 0 Å². The average molecular weight is 377 g/mol. The summed E-state index contributed by atoms with van der Waals surface area (Å²) in [7, 11) is 1.79. The number of rotatable bonds is 6. The number of nitrogens with zero attached hydrogens (tertiary/aromatic N) is 4. The highest BCUT2D eigenvalue weighted by Crippen LogP contribution is 2.32. The lowest BCUT2D eigenvalue weighted by Crippen LogP contribution is -2.18. The van der Waals surface area contributed by atoms with E-state index in [1.54, 1.807) is 30.1 Å². The van der Waals surface area contributed by atoms with Gasteiger partial charge in [-0.05, 0) is 24.1 Å². The Morgan fingerprint density at radius 2 is 1.85 bits per heavy atom. The van der Waals surface area contributed by atoms with E-state index in [0.717, 1.165) is 11.8 Å². The van der Waals surface area contributed by atoms with Gasteiger partial charge in [0.2, 0.25) is 5.91 Å². The zero-order valence-electron chi connectivity index (χ0n) is 14.6. The van der Waals surface area contributed by atoms with Gasteiger partial charge in [-0.2, -0.15) is 23.4 Å². The summed E-state index contributed by atoms with van der Waals surface area (Å²) in [6.45, 7) is -0.0972. The molecule has 27 heavy (non-hydrogen) atoms. The highest BCUT2D eigenvalue weighted by atomic mass is 19.4. The number of anilines is 1. The molecule has 2 aromatic heterocycles. The van der Waals surface area contributed by atoms with Crippen molar-refractivity contribution in [3.63, 3.8) is 0 Å². The van der Waals surface area contributed by atoms with E-state index in [0.29, 0.717) is 12.2 Å². The van der Waals surface area contributed by atoms with Gasteiger partial charge in [0.15, 0.2) is 0 Å². The van der Waals surface area contributed by atoms with Crippen molar-refractivity contribution in [2.24, 2.45) is 7.05 Å². The van der Waals surface area contributed by atoms with Crippen LogP contribution in [0, 0.1) is 0 Å². The summed E-state index contributed by atoms with van der Waals surface area (Å²) >= 11 is 0. The second kappa shape index (κ2) is 7.65. The molecule has 0 radical (unpaired) electrons. The van der Waals surface area contributed by atoms with Gasteiger partial charge in [-0.1, -0.05) is 18.2 Å². The molecule has 0 unspecified atom stereocenters. The molecular formula is C18H18F3N5O. The summed E-state index contributed by atoms with van der Waals surface area (Å²) in [6.07, 6.45) is -0.624.